The van der Waals surface area contributed by atoms with Crippen molar-refractivity contribution in [2.45, 2.75) is 6.92 Å². The Morgan fingerprint density at radius 3 is 1.87 bits per heavy atom. The Balaban J connectivity index is 2.04. The SMILES string of the molecule is C/C(=N/N=C(c1ccccc1)c1ccccc1)c1sccc1Br. The minimum Gasteiger partial charge on any atom is -0.154 e. The van der Waals surface area contributed by atoms with Gasteiger partial charge in [-0.1, -0.05) is 60.7 Å². The van der Waals surface area contributed by atoms with Crippen molar-refractivity contribution in [1.82, 2.24) is 0 Å². The van der Waals surface area contributed by atoms with Crippen molar-refractivity contribution in [1.29, 1.82) is 0 Å². The number of halogens is 1. The molecule has 0 saturated carbocycles. The molecule has 4 heteroatoms. The van der Waals surface area contributed by atoms with Crippen molar-refractivity contribution < 1.29 is 0 Å². The highest BCUT2D eigenvalue weighted by molar-refractivity contribution is 9.10. The van der Waals surface area contributed by atoms with Gasteiger partial charge in [0.15, 0.2) is 0 Å². The van der Waals surface area contributed by atoms with Crippen LogP contribution in [0.1, 0.15) is 22.9 Å². The summed E-state index contributed by atoms with van der Waals surface area (Å²) in [6.45, 7) is 1.98. The summed E-state index contributed by atoms with van der Waals surface area (Å²) in [7, 11) is 0. The first-order valence-corrected chi connectivity index (χ1v) is 8.89. The normalized spacial score (nSPS) is 11.3. The van der Waals surface area contributed by atoms with Crippen molar-refractivity contribution >= 4 is 38.7 Å². The second kappa shape index (κ2) is 7.49. The fraction of sp³-hybridized carbons (Fsp3) is 0.0526. The van der Waals surface area contributed by atoms with Gasteiger partial charge in [0.25, 0.3) is 0 Å². The Labute approximate surface area is 148 Å². The number of rotatable bonds is 4. The third kappa shape index (κ3) is 3.84. The molecule has 0 N–H and O–H groups in total. The van der Waals surface area contributed by atoms with Crippen molar-refractivity contribution in [3.05, 3.63) is 92.6 Å². The zero-order valence-electron chi connectivity index (χ0n) is 12.6. The molecule has 0 aliphatic carbocycles. The Bertz CT molecular complexity index is 795. The zero-order chi connectivity index (χ0) is 16.1. The highest BCUT2D eigenvalue weighted by Gasteiger charge is 2.08. The summed E-state index contributed by atoms with van der Waals surface area (Å²) >= 11 is 5.20. The molecular formula is C19H15BrN2S. The summed E-state index contributed by atoms with van der Waals surface area (Å²) in [5, 5.41) is 11.1. The molecule has 114 valence electrons. The topological polar surface area (TPSA) is 24.7 Å². The maximum absolute atomic E-state index is 4.55. The molecule has 0 aliphatic rings. The number of thiophene rings is 1. The molecule has 0 aliphatic heterocycles. The summed E-state index contributed by atoms with van der Waals surface area (Å²) in [6, 6.07) is 22.3. The van der Waals surface area contributed by atoms with Gasteiger partial charge in [-0.05, 0) is 34.3 Å². The summed E-state index contributed by atoms with van der Waals surface area (Å²) < 4.78 is 1.06. The van der Waals surface area contributed by atoms with Gasteiger partial charge in [0.05, 0.1) is 10.6 Å². The fourth-order valence-electron chi connectivity index (χ4n) is 2.20. The molecule has 3 rings (SSSR count). The van der Waals surface area contributed by atoms with Crippen LogP contribution in [0.3, 0.4) is 0 Å². The van der Waals surface area contributed by atoms with E-state index in [0.717, 1.165) is 31.9 Å². The predicted octanol–water partition coefficient (Wildman–Crippen LogP) is 5.77. The molecule has 2 nitrogen and oxygen atoms in total. The van der Waals surface area contributed by atoms with E-state index < -0.39 is 0 Å². The smallest absolute Gasteiger partial charge is 0.100 e. The van der Waals surface area contributed by atoms with E-state index in [-0.39, 0.29) is 0 Å². The number of hydrogen-bond donors (Lipinski definition) is 0. The van der Waals surface area contributed by atoms with Crippen LogP contribution in [0.2, 0.25) is 0 Å². The van der Waals surface area contributed by atoms with Gasteiger partial charge in [-0.15, -0.1) is 16.4 Å². The van der Waals surface area contributed by atoms with Crippen molar-refractivity contribution in [2.75, 3.05) is 0 Å². The first-order chi connectivity index (χ1) is 11.3. The van der Waals surface area contributed by atoms with Crippen molar-refractivity contribution in [3.63, 3.8) is 0 Å². The van der Waals surface area contributed by atoms with Gasteiger partial charge in [-0.25, -0.2) is 0 Å². The van der Waals surface area contributed by atoms with E-state index in [1.54, 1.807) is 11.3 Å². The molecule has 2 aromatic carbocycles. The molecule has 0 radical (unpaired) electrons. The van der Waals surface area contributed by atoms with Gasteiger partial charge < -0.3 is 0 Å². The molecular weight excluding hydrogens is 368 g/mol. The van der Waals surface area contributed by atoms with E-state index in [4.69, 9.17) is 0 Å². The molecule has 0 amide bonds. The molecule has 0 fully saturated rings. The molecule has 0 saturated heterocycles. The van der Waals surface area contributed by atoms with E-state index >= 15 is 0 Å². The lowest BCUT2D eigenvalue weighted by Gasteiger charge is -2.05. The maximum Gasteiger partial charge on any atom is 0.100 e. The van der Waals surface area contributed by atoms with Gasteiger partial charge in [-0.2, -0.15) is 5.10 Å². The van der Waals surface area contributed by atoms with Gasteiger partial charge in [-0.3, -0.25) is 0 Å². The van der Waals surface area contributed by atoms with Crippen LogP contribution in [0.5, 0.6) is 0 Å². The second-order valence-corrected chi connectivity index (χ2v) is 6.73. The van der Waals surface area contributed by atoms with Gasteiger partial charge in [0.1, 0.15) is 5.71 Å². The average molecular weight is 383 g/mol. The van der Waals surface area contributed by atoms with Crippen molar-refractivity contribution in [2.24, 2.45) is 10.2 Å². The molecule has 1 aromatic heterocycles. The van der Waals surface area contributed by atoms with E-state index in [0.29, 0.717) is 0 Å². The summed E-state index contributed by atoms with van der Waals surface area (Å²) in [4.78, 5) is 1.11. The monoisotopic (exact) mass is 382 g/mol. The standard InChI is InChI=1S/C19H15BrN2S/c1-14(19-17(20)12-13-23-19)21-22-18(15-8-4-2-5-9-15)16-10-6-3-7-11-16/h2-13H,1H3/b21-14-. The first kappa shape index (κ1) is 15.8. The summed E-state index contributed by atoms with van der Waals surface area (Å²) in [5.74, 6) is 0. The van der Waals surface area contributed by atoms with E-state index in [1.165, 1.54) is 0 Å². The fourth-order valence-corrected chi connectivity index (χ4v) is 3.80. The number of hydrogen-bond acceptors (Lipinski definition) is 3. The lowest BCUT2D eigenvalue weighted by atomic mass is 10.0. The maximum atomic E-state index is 4.55. The molecule has 3 aromatic rings. The Morgan fingerprint density at radius 2 is 1.39 bits per heavy atom. The molecule has 0 bridgehead atoms. The van der Waals surface area contributed by atoms with Crippen LogP contribution in [0.4, 0.5) is 0 Å². The van der Waals surface area contributed by atoms with Crippen LogP contribution >= 0.6 is 27.3 Å². The molecule has 0 atom stereocenters. The van der Waals surface area contributed by atoms with Gasteiger partial charge in [0.2, 0.25) is 0 Å². The van der Waals surface area contributed by atoms with Crippen molar-refractivity contribution in [3.8, 4) is 0 Å². The summed E-state index contributed by atoms with van der Waals surface area (Å²) in [5.41, 5.74) is 3.88. The lowest BCUT2D eigenvalue weighted by Crippen LogP contribution is -2.03. The number of benzene rings is 2. The largest absolute Gasteiger partial charge is 0.154 e. The van der Waals surface area contributed by atoms with E-state index in [2.05, 4.69) is 50.4 Å². The predicted molar refractivity (Wildman–Crippen MR) is 103 cm³/mol. The Kier molecular flexibility index (Phi) is 5.16. The molecule has 23 heavy (non-hydrogen) atoms. The van der Waals surface area contributed by atoms with Crippen LogP contribution in [0.25, 0.3) is 0 Å². The van der Waals surface area contributed by atoms with Gasteiger partial charge in [0, 0.05) is 15.6 Å². The Morgan fingerprint density at radius 1 is 0.826 bits per heavy atom. The molecule has 0 spiro atoms. The second-order valence-electron chi connectivity index (χ2n) is 4.96. The highest BCUT2D eigenvalue weighted by Crippen LogP contribution is 2.23. The third-order valence-corrected chi connectivity index (χ3v) is 5.29. The van der Waals surface area contributed by atoms with Crippen LogP contribution in [-0.4, -0.2) is 11.4 Å². The van der Waals surface area contributed by atoms with E-state index in [9.17, 15) is 0 Å². The zero-order valence-corrected chi connectivity index (χ0v) is 15.0. The van der Waals surface area contributed by atoms with Crippen LogP contribution in [0.15, 0.2) is 86.8 Å². The first-order valence-electron chi connectivity index (χ1n) is 7.22. The van der Waals surface area contributed by atoms with Gasteiger partial charge >= 0.3 is 0 Å². The van der Waals surface area contributed by atoms with E-state index in [1.807, 2.05) is 54.8 Å². The Hall–Kier alpha value is -2.04. The average Bonchev–Trinajstić information content (AvgIpc) is 3.03. The van der Waals surface area contributed by atoms with Crippen LogP contribution < -0.4 is 0 Å². The third-order valence-electron chi connectivity index (χ3n) is 3.34. The highest BCUT2D eigenvalue weighted by atomic mass is 79.9. The number of nitrogens with zero attached hydrogens (tertiary/aromatic N) is 2. The minimum absolute atomic E-state index is 0.873. The molecule has 0 unspecified atom stereocenters. The molecule has 1 heterocycles. The lowest BCUT2D eigenvalue weighted by molar-refractivity contribution is 1.22. The minimum atomic E-state index is 0.873. The van der Waals surface area contributed by atoms with Crippen LogP contribution in [0, 0.1) is 0 Å². The quantitative estimate of drug-likeness (QED) is 0.404. The summed E-state index contributed by atoms with van der Waals surface area (Å²) in [6.07, 6.45) is 0. The van der Waals surface area contributed by atoms with Crippen LogP contribution in [-0.2, 0) is 0 Å².